The van der Waals surface area contributed by atoms with Crippen LogP contribution in [0.15, 0.2) is 28.7 Å². The average molecular weight is 386 g/mol. The Balaban J connectivity index is 1.57. The number of amides is 3. The van der Waals surface area contributed by atoms with Gasteiger partial charge in [-0.25, -0.2) is 0 Å². The zero-order chi connectivity index (χ0) is 19.9. The van der Waals surface area contributed by atoms with Crippen molar-refractivity contribution >= 4 is 23.7 Å². The van der Waals surface area contributed by atoms with E-state index < -0.39 is 5.91 Å². The third-order valence-corrected chi connectivity index (χ3v) is 4.25. The molecule has 2 heterocycles. The molecule has 3 rings (SSSR count). The fourth-order valence-corrected chi connectivity index (χ4v) is 2.74. The number of nitrogens with one attached hydrogen (secondary N) is 1. The van der Waals surface area contributed by atoms with Gasteiger partial charge in [-0.3, -0.25) is 24.6 Å². The number of unbranched alkanes of at least 4 members (excludes halogenated alkanes) is 2. The van der Waals surface area contributed by atoms with Gasteiger partial charge in [0.15, 0.2) is 0 Å². The quantitative estimate of drug-likeness (QED) is 0.520. The maximum absolute atomic E-state index is 12.4. The van der Waals surface area contributed by atoms with Crippen LogP contribution in [0.5, 0.6) is 5.75 Å². The highest BCUT2D eigenvalue weighted by molar-refractivity contribution is 6.03. The molecule has 0 aliphatic carbocycles. The van der Waals surface area contributed by atoms with Crippen LogP contribution in [0.1, 0.15) is 55.3 Å². The van der Waals surface area contributed by atoms with Crippen LogP contribution in [-0.4, -0.2) is 39.4 Å². The van der Waals surface area contributed by atoms with Crippen molar-refractivity contribution in [1.29, 1.82) is 0 Å². The smallest absolute Gasteiger partial charge is 0.322 e. The molecule has 28 heavy (non-hydrogen) atoms. The van der Waals surface area contributed by atoms with E-state index in [9.17, 15) is 14.4 Å². The summed E-state index contributed by atoms with van der Waals surface area (Å²) in [4.78, 5) is 36.7. The molecule has 1 saturated heterocycles. The second-order valence-electron chi connectivity index (χ2n) is 6.41. The van der Waals surface area contributed by atoms with E-state index in [0.717, 1.165) is 24.2 Å². The molecule has 2 aromatic rings. The first-order valence-corrected chi connectivity index (χ1v) is 9.26. The highest BCUT2D eigenvalue weighted by Crippen LogP contribution is 2.18. The van der Waals surface area contributed by atoms with E-state index >= 15 is 0 Å². The van der Waals surface area contributed by atoms with Gasteiger partial charge in [-0.15, -0.1) is 5.10 Å². The summed E-state index contributed by atoms with van der Waals surface area (Å²) in [5, 5.41) is 10.0. The maximum Gasteiger partial charge on any atom is 0.322 e. The second kappa shape index (κ2) is 9.12. The molecule has 1 aromatic heterocycles. The Morgan fingerprint density at radius 3 is 2.75 bits per heavy atom. The first-order chi connectivity index (χ1) is 13.6. The van der Waals surface area contributed by atoms with Gasteiger partial charge in [0.05, 0.1) is 6.61 Å². The van der Waals surface area contributed by atoms with Gasteiger partial charge >= 0.3 is 6.01 Å². The number of nitrogens with zero attached hydrogens (tertiary/aromatic N) is 3. The lowest BCUT2D eigenvalue weighted by Crippen LogP contribution is -2.28. The lowest BCUT2D eigenvalue weighted by Gasteiger charge is -2.09. The lowest BCUT2D eigenvalue weighted by molar-refractivity contribution is -0.139. The van der Waals surface area contributed by atoms with Crippen molar-refractivity contribution in [2.75, 3.05) is 11.9 Å². The number of carbonyl (C=O) groups is 3. The van der Waals surface area contributed by atoms with Crippen LogP contribution in [0.3, 0.4) is 0 Å². The van der Waals surface area contributed by atoms with Crippen LogP contribution < -0.4 is 10.1 Å². The van der Waals surface area contributed by atoms with E-state index in [-0.39, 0.29) is 43.1 Å². The van der Waals surface area contributed by atoms with Crippen LogP contribution in [0, 0.1) is 0 Å². The number of ether oxygens (including phenoxy) is 1. The number of likely N-dealkylation sites (tertiary alicyclic amines) is 1. The van der Waals surface area contributed by atoms with Gasteiger partial charge in [0.1, 0.15) is 12.3 Å². The Morgan fingerprint density at radius 1 is 1.21 bits per heavy atom. The van der Waals surface area contributed by atoms with Crippen molar-refractivity contribution in [3.8, 4) is 5.75 Å². The molecular formula is C19H22N4O5. The van der Waals surface area contributed by atoms with E-state index in [0.29, 0.717) is 17.9 Å². The molecule has 1 aliphatic rings. The predicted octanol–water partition coefficient (Wildman–Crippen LogP) is 2.54. The number of anilines is 1. The first kappa shape index (κ1) is 19.5. The van der Waals surface area contributed by atoms with Crippen molar-refractivity contribution in [2.24, 2.45) is 0 Å². The topological polar surface area (TPSA) is 115 Å². The molecule has 1 aromatic carbocycles. The Labute approximate surface area is 162 Å². The first-order valence-electron chi connectivity index (χ1n) is 9.26. The third-order valence-electron chi connectivity index (χ3n) is 4.25. The molecule has 0 unspecified atom stereocenters. The average Bonchev–Trinajstić information content (AvgIpc) is 3.27. The zero-order valence-electron chi connectivity index (χ0n) is 15.6. The van der Waals surface area contributed by atoms with Crippen LogP contribution in [0.2, 0.25) is 0 Å². The molecule has 9 heteroatoms. The Morgan fingerprint density at radius 2 is 2.00 bits per heavy atom. The summed E-state index contributed by atoms with van der Waals surface area (Å²) < 4.78 is 11.0. The van der Waals surface area contributed by atoms with E-state index in [1.807, 2.05) is 0 Å². The summed E-state index contributed by atoms with van der Waals surface area (Å²) in [6.07, 6.45) is 3.53. The maximum atomic E-state index is 12.4. The van der Waals surface area contributed by atoms with E-state index in [2.05, 4.69) is 22.4 Å². The van der Waals surface area contributed by atoms with Gasteiger partial charge in [-0.05, 0) is 24.6 Å². The number of aromatic nitrogens is 2. The summed E-state index contributed by atoms with van der Waals surface area (Å²) in [6.45, 7) is 2.62. The van der Waals surface area contributed by atoms with Gasteiger partial charge in [0.2, 0.25) is 17.7 Å². The minimum absolute atomic E-state index is 0.0758. The Hall–Kier alpha value is -3.23. The standard InChI is InChI=1S/C19H22N4O5/c1-2-3-4-10-27-14-7-5-6-13(11-14)18(26)20-19-22-21-15(28-19)12-23-16(24)8-9-17(23)25/h5-7,11H,2-4,8-10,12H2,1H3,(H,20,22,26). The van der Waals surface area contributed by atoms with Gasteiger partial charge in [-0.1, -0.05) is 30.9 Å². The molecule has 3 amide bonds. The summed E-state index contributed by atoms with van der Waals surface area (Å²) in [5.74, 6) is -0.287. The molecule has 0 atom stereocenters. The fraction of sp³-hybridized carbons (Fsp3) is 0.421. The van der Waals surface area contributed by atoms with Gasteiger partial charge in [-0.2, -0.15) is 0 Å². The number of hydrogen-bond acceptors (Lipinski definition) is 7. The van der Waals surface area contributed by atoms with Crippen molar-refractivity contribution in [2.45, 2.75) is 45.6 Å². The minimum Gasteiger partial charge on any atom is -0.494 e. The van der Waals surface area contributed by atoms with E-state index in [1.54, 1.807) is 24.3 Å². The molecular weight excluding hydrogens is 364 g/mol. The second-order valence-corrected chi connectivity index (χ2v) is 6.41. The minimum atomic E-state index is -0.428. The normalized spacial score (nSPS) is 13.8. The van der Waals surface area contributed by atoms with Gasteiger partial charge < -0.3 is 9.15 Å². The summed E-state index contributed by atoms with van der Waals surface area (Å²) in [7, 11) is 0. The Kier molecular flexibility index (Phi) is 6.36. The van der Waals surface area contributed by atoms with Crippen molar-refractivity contribution in [1.82, 2.24) is 15.1 Å². The third kappa shape index (κ3) is 4.93. The SMILES string of the molecule is CCCCCOc1cccc(C(=O)Nc2nnc(CN3C(=O)CCC3=O)o2)c1. The van der Waals surface area contributed by atoms with Gasteiger partial charge in [0.25, 0.3) is 5.91 Å². The largest absolute Gasteiger partial charge is 0.494 e. The van der Waals surface area contributed by atoms with Crippen LogP contribution in [0.25, 0.3) is 0 Å². The van der Waals surface area contributed by atoms with E-state index in [4.69, 9.17) is 9.15 Å². The molecule has 0 spiro atoms. The number of carbonyl (C=O) groups excluding carboxylic acids is 3. The predicted molar refractivity (Wildman–Crippen MR) is 98.5 cm³/mol. The highest BCUT2D eigenvalue weighted by Gasteiger charge is 2.30. The highest BCUT2D eigenvalue weighted by atomic mass is 16.5. The molecule has 148 valence electrons. The Bertz CT molecular complexity index is 848. The number of rotatable bonds is 9. The number of benzene rings is 1. The zero-order valence-corrected chi connectivity index (χ0v) is 15.6. The van der Waals surface area contributed by atoms with Crippen molar-refractivity contribution < 1.29 is 23.5 Å². The molecule has 0 radical (unpaired) electrons. The van der Waals surface area contributed by atoms with Crippen molar-refractivity contribution in [3.63, 3.8) is 0 Å². The molecule has 0 saturated carbocycles. The lowest BCUT2D eigenvalue weighted by atomic mass is 10.2. The van der Waals surface area contributed by atoms with Crippen LogP contribution >= 0.6 is 0 Å². The van der Waals surface area contributed by atoms with E-state index in [1.165, 1.54) is 0 Å². The van der Waals surface area contributed by atoms with Crippen molar-refractivity contribution in [3.05, 3.63) is 35.7 Å². The molecule has 1 N–H and O–H groups in total. The summed E-state index contributed by atoms with van der Waals surface area (Å²) in [6, 6.07) is 6.70. The number of hydrogen-bond donors (Lipinski definition) is 1. The molecule has 0 bridgehead atoms. The van der Waals surface area contributed by atoms with Gasteiger partial charge in [0, 0.05) is 18.4 Å². The van der Waals surface area contributed by atoms with Crippen LogP contribution in [-0.2, 0) is 16.1 Å². The molecule has 9 nitrogen and oxygen atoms in total. The monoisotopic (exact) mass is 386 g/mol. The fourth-order valence-electron chi connectivity index (χ4n) is 2.74. The van der Waals surface area contributed by atoms with Crippen LogP contribution in [0.4, 0.5) is 6.01 Å². The summed E-state index contributed by atoms with van der Waals surface area (Å²) >= 11 is 0. The number of imide groups is 1. The summed E-state index contributed by atoms with van der Waals surface area (Å²) in [5.41, 5.74) is 0.387. The molecule has 1 aliphatic heterocycles. The molecule has 1 fully saturated rings.